The standard InChI is InChI=1S/C14H9F5O2/c1-21-7-4-2-6(3-5-7)14(20)8-9(15)11(17)13(19)12(18)10(8)16/h2-5,14,20H,1H3. The minimum absolute atomic E-state index is 0.0426. The highest BCUT2D eigenvalue weighted by Crippen LogP contribution is 2.31. The van der Waals surface area contributed by atoms with E-state index in [0.29, 0.717) is 5.75 Å². The van der Waals surface area contributed by atoms with Gasteiger partial charge in [0.15, 0.2) is 23.3 Å². The molecule has 2 aromatic carbocycles. The van der Waals surface area contributed by atoms with Crippen LogP contribution in [-0.4, -0.2) is 12.2 Å². The molecule has 1 N–H and O–H groups in total. The number of aliphatic hydroxyl groups excluding tert-OH is 1. The Kier molecular flexibility index (Phi) is 4.13. The van der Waals surface area contributed by atoms with Crippen molar-refractivity contribution in [1.29, 1.82) is 0 Å². The van der Waals surface area contributed by atoms with Crippen LogP contribution in [0.5, 0.6) is 5.75 Å². The van der Waals surface area contributed by atoms with E-state index in [1.807, 2.05) is 0 Å². The molecule has 0 radical (unpaired) electrons. The Hall–Kier alpha value is -2.15. The van der Waals surface area contributed by atoms with Gasteiger partial charge in [0.1, 0.15) is 11.9 Å². The molecule has 21 heavy (non-hydrogen) atoms. The molecule has 2 rings (SSSR count). The molecule has 0 amide bonds. The minimum Gasteiger partial charge on any atom is -0.497 e. The number of aliphatic hydroxyl groups is 1. The molecular formula is C14H9F5O2. The Morgan fingerprint density at radius 2 is 1.24 bits per heavy atom. The first-order chi connectivity index (χ1) is 9.88. The third kappa shape index (κ3) is 2.56. The van der Waals surface area contributed by atoms with Gasteiger partial charge in [0, 0.05) is 0 Å². The molecule has 0 aliphatic heterocycles. The van der Waals surface area contributed by atoms with E-state index < -0.39 is 40.8 Å². The van der Waals surface area contributed by atoms with E-state index in [4.69, 9.17) is 4.74 Å². The fraction of sp³-hybridized carbons (Fsp3) is 0.143. The van der Waals surface area contributed by atoms with Crippen LogP contribution in [0.1, 0.15) is 17.2 Å². The van der Waals surface area contributed by atoms with Crippen molar-refractivity contribution in [2.75, 3.05) is 7.11 Å². The maximum atomic E-state index is 13.6. The zero-order valence-corrected chi connectivity index (χ0v) is 10.6. The van der Waals surface area contributed by atoms with Crippen LogP contribution in [0.4, 0.5) is 22.0 Å². The summed E-state index contributed by atoms with van der Waals surface area (Å²) in [6.07, 6.45) is -2.00. The second kappa shape index (κ2) is 5.69. The lowest BCUT2D eigenvalue weighted by molar-refractivity contribution is 0.202. The summed E-state index contributed by atoms with van der Waals surface area (Å²) in [4.78, 5) is 0. The third-order valence-corrected chi connectivity index (χ3v) is 2.95. The van der Waals surface area contributed by atoms with Crippen LogP contribution in [0.2, 0.25) is 0 Å². The monoisotopic (exact) mass is 304 g/mol. The SMILES string of the molecule is COc1ccc(C(O)c2c(F)c(F)c(F)c(F)c2F)cc1. The average Bonchev–Trinajstić information content (AvgIpc) is 2.51. The molecule has 0 fully saturated rings. The summed E-state index contributed by atoms with van der Waals surface area (Å²) >= 11 is 0. The lowest BCUT2D eigenvalue weighted by atomic mass is 9.99. The molecule has 0 aliphatic rings. The van der Waals surface area contributed by atoms with E-state index in [9.17, 15) is 27.1 Å². The van der Waals surface area contributed by atoms with Crippen molar-refractivity contribution in [3.8, 4) is 5.75 Å². The normalized spacial score (nSPS) is 12.3. The fourth-order valence-corrected chi connectivity index (χ4v) is 1.81. The van der Waals surface area contributed by atoms with Crippen LogP contribution >= 0.6 is 0 Å². The first-order valence-corrected chi connectivity index (χ1v) is 5.71. The summed E-state index contributed by atoms with van der Waals surface area (Å²) in [5.41, 5.74) is -1.34. The van der Waals surface area contributed by atoms with Gasteiger partial charge >= 0.3 is 0 Å². The Labute approximate surface area is 116 Å². The van der Waals surface area contributed by atoms with E-state index in [0.717, 1.165) is 0 Å². The Morgan fingerprint density at radius 3 is 1.67 bits per heavy atom. The predicted molar refractivity (Wildman–Crippen MR) is 63.3 cm³/mol. The largest absolute Gasteiger partial charge is 0.497 e. The molecule has 7 heteroatoms. The van der Waals surface area contributed by atoms with Gasteiger partial charge in [-0.15, -0.1) is 0 Å². The van der Waals surface area contributed by atoms with Gasteiger partial charge in [0.25, 0.3) is 0 Å². The number of ether oxygens (including phenoxy) is 1. The van der Waals surface area contributed by atoms with Crippen LogP contribution in [0, 0.1) is 29.1 Å². The Morgan fingerprint density at radius 1 is 0.810 bits per heavy atom. The molecule has 112 valence electrons. The molecule has 0 saturated carbocycles. The molecule has 2 nitrogen and oxygen atoms in total. The fourth-order valence-electron chi connectivity index (χ4n) is 1.81. The van der Waals surface area contributed by atoms with Gasteiger partial charge in [-0.1, -0.05) is 12.1 Å². The second-order valence-electron chi connectivity index (χ2n) is 4.16. The van der Waals surface area contributed by atoms with Crippen molar-refractivity contribution in [2.45, 2.75) is 6.10 Å². The molecule has 0 saturated heterocycles. The summed E-state index contributed by atoms with van der Waals surface area (Å²) in [6, 6.07) is 5.26. The summed E-state index contributed by atoms with van der Waals surface area (Å²) in [5, 5.41) is 9.88. The zero-order valence-electron chi connectivity index (χ0n) is 10.6. The smallest absolute Gasteiger partial charge is 0.200 e. The number of hydrogen-bond donors (Lipinski definition) is 1. The number of hydrogen-bond acceptors (Lipinski definition) is 2. The highest BCUT2D eigenvalue weighted by atomic mass is 19.2. The molecule has 0 heterocycles. The first kappa shape index (κ1) is 15.2. The third-order valence-electron chi connectivity index (χ3n) is 2.95. The lowest BCUT2D eigenvalue weighted by Gasteiger charge is -2.15. The van der Waals surface area contributed by atoms with Gasteiger partial charge in [-0.3, -0.25) is 0 Å². The van der Waals surface area contributed by atoms with E-state index in [-0.39, 0.29) is 5.56 Å². The van der Waals surface area contributed by atoms with Crippen LogP contribution in [-0.2, 0) is 0 Å². The second-order valence-corrected chi connectivity index (χ2v) is 4.16. The van der Waals surface area contributed by atoms with Gasteiger partial charge in [-0.05, 0) is 17.7 Å². The maximum absolute atomic E-state index is 13.6. The van der Waals surface area contributed by atoms with Gasteiger partial charge < -0.3 is 9.84 Å². The highest BCUT2D eigenvalue weighted by Gasteiger charge is 2.30. The molecule has 2 aromatic rings. The lowest BCUT2D eigenvalue weighted by Crippen LogP contribution is -2.12. The van der Waals surface area contributed by atoms with Crippen molar-refractivity contribution >= 4 is 0 Å². The molecule has 1 unspecified atom stereocenters. The van der Waals surface area contributed by atoms with Crippen molar-refractivity contribution < 1.29 is 31.8 Å². The van der Waals surface area contributed by atoms with Crippen LogP contribution in [0.15, 0.2) is 24.3 Å². The van der Waals surface area contributed by atoms with Gasteiger partial charge in [0.2, 0.25) is 5.82 Å². The van der Waals surface area contributed by atoms with Gasteiger partial charge in [-0.25, -0.2) is 22.0 Å². The van der Waals surface area contributed by atoms with Crippen molar-refractivity contribution in [3.63, 3.8) is 0 Å². The summed E-state index contributed by atoms with van der Waals surface area (Å²) in [5.74, 6) is -10.2. The summed E-state index contributed by atoms with van der Waals surface area (Å²) in [7, 11) is 1.38. The number of benzene rings is 2. The van der Waals surface area contributed by atoms with E-state index in [2.05, 4.69) is 0 Å². The van der Waals surface area contributed by atoms with E-state index >= 15 is 0 Å². The van der Waals surface area contributed by atoms with Crippen LogP contribution in [0.3, 0.4) is 0 Å². The van der Waals surface area contributed by atoms with Crippen LogP contribution < -0.4 is 4.74 Å². The molecule has 0 bridgehead atoms. The number of halogens is 5. The summed E-state index contributed by atoms with van der Waals surface area (Å²) in [6.45, 7) is 0. The molecule has 1 atom stereocenters. The minimum atomic E-state index is -2.27. The van der Waals surface area contributed by atoms with Crippen molar-refractivity contribution in [3.05, 3.63) is 64.5 Å². The molecule has 0 aliphatic carbocycles. The maximum Gasteiger partial charge on any atom is 0.200 e. The van der Waals surface area contributed by atoms with Crippen molar-refractivity contribution in [1.82, 2.24) is 0 Å². The van der Waals surface area contributed by atoms with E-state index in [1.165, 1.54) is 31.4 Å². The zero-order chi connectivity index (χ0) is 15.7. The molecular weight excluding hydrogens is 295 g/mol. The van der Waals surface area contributed by atoms with Crippen LogP contribution in [0.25, 0.3) is 0 Å². The predicted octanol–water partition coefficient (Wildman–Crippen LogP) is 3.47. The van der Waals surface area contributed by atoms with Gasteiger partial charge in [-0.2, -0.15) is 0 Å². The van der Waals surface area contributed by atoms with Crippen molar-refractivity contribution in [2.24, 2.45) is 0 Å². The molecule has 0 spiro atoms. The summed E-state index contributed by atoms with van der Waals surface area (Å²) < 4.78 is 71.2. The van der Waals surface area contributed by atoms with E-state index in [1.54, 1.807) is 0 Å². The molecule has 0 aromatic heterocycles. The number of rotatable bonds is 3. The Balaban J connectivity index is 2.55. The Bertz CT molecular complexity index is 641. The average molecular weight is 304 g/mol. The quantitative estimate of drug-likeness (QED) is 0.534. The topological polar surface area (TPSA) is 29.5 Å². The van der Waals surface area contributed by atoms with Gasteiger partial charge in [0.05, 0.1) is 12.7 Å². The first-order valence-electron chi connectivity index (χ1n) is 5.71. The highest BCUT2D eigenvalue weighted by molar-refractivity contribution is 5.36. The number of methoxy groups -OCH3 is 1.